The van der Waals surface area contributed by atoms with Crippen LogP contribution in [0.1, 0.15) is 25.8 Å². The van der Waals surface area contributed by atoms with Crippen LogP contribution in [0.4, 0.5) is 5.00 Å². The van der Waals surface area contributed by atoms with Crippen molar-refractivity contribution >= 4 is 38.7 Å². The third-order valence-electron chi connectivity index (χ3n) is 2.35. The van der Waals surface area contributed by atoms with Crippen LogP contribution in [0.2, 0.25) is 0 Å². The summed E-state index contributed by atoms with van der Waals surface area (Å²) in [6.07, 6.45) is 7.25. The Morgan fingerprint density at radius 3 is 2.88 bits per heavy atom. The van der Waals surface area contributed by atoms with Gasteiger partial charge in [0.25, 0.3) is 0 Å². The van der Waals surface area contributed by atoms with Crippen LogP contribution in [-0.4, -0.2) is 6.21 Å². The topological polar surface area (TPSA) is 12.4 Å². The highest BCUT2D eigenvalue weighted by Gasteiger charge is 2.08. The summed E-state index contributed by atoms with van der Waals surface area (Å²) in [5.41, 5.74) is 1.28. The van der Waals surface area contributed by atoms with Crippen molar-refractivity contribution in [1.29, 1.82) is 0 Å². The molecule has 0 radical (unpaired) electrons. The highest BCUT2D eigenvalue weighted by molar-refractivity contribution is 7.23. The van der Waals surface area contributed by atoms with E-state index in [0.29, 0.717) is 0 Å². The predicted octanol–water partition coefficient (Wildman–Crippen LogP) is 5.05. The van der Waals surface area contributed by atoms with E-state index in [1.807, 2.05) is 20.1 Å². The number of fused-ring (bicyclic) bond motifs is 3. The average Bonchev–Trinajstić information content (AvgIpc) is 2.54. The van der Waals surface area contributed by atoms with E-state index < -0.39 is 0 Å². The quantitative estimate of drug-likeness (QED) is 0.599. The molecule has 0 bridgehead atoms. The monoisotopic (exact) mass is 229 g/mol. The number of aliphatic imine (C=N–C) groups is 1. The molecule has 1 aromatic heterocycles. The van der Waals surface area contributed by atoms with Crippen molar-refractivity contribution in [2.45, 2.75) is 20.3 Å². The largest absolute Gasteiger partial charge is 0.249 e. The Hall–Kier alpha value is -1.41. The van der Waals surface area contributed by atoms with Crippen molar-refractivity contribution in [3.05, 3.63) is 35.9 Å². The molecule has 16 heavy (non-hydrogen) atoms. The van der Waals surface area contributed by atoms with Crippen LogP contribution < -0.4 is 0 Å². The number of rotatable bonds is 0. The Labute approximate surface area is 100 Å². The highest BCUT2D eigenvalue weighted by atomic mass is 32.1. The van der Waals surface area contributed by atoms with Crippen molar-refractivity contribution in [2.24, 2.45) is 4.99 Å². The zero-order valence-corrected chi connectivity index (χ0v) is 10.4. The first-order valence-electron chi connectivity index (χ1n) is 5.66. The molecule has 2 heterocycles. The van der Waals surface area contributed by atoms with Gasteiger partial charge in [0, 0.05) is 28.3 Å². The van der Waals surface area contributed by atoms with Crippen LogP contribution in [0, 0.1) is 0 Å². The Morgan fingerprint density at radius 1 is 1.19 bits per heavy atom. The highest BCUT2D eigenvalue weighted by Crippen LogP contribution is 2.39. The number of hydrogen-bond acceptors (Lipinski definition) is 2. The van der Waals surface area contributed by atoms with Crippen LogP contribution >= 0.6 is 11.3 Å². The van der Waals surface area contributed by atoms with Gasteiger partial charge in [-0.25, -0.2) is 4.99 Å². The summed E-state index contributed by atoms with van der Waals surface area (Å²) in [6.45, 7) is 4.00. The molecule has 0 amide bonds. The molecular formula is C14H15NS. The van der Waals surface area contributed by atoms with E-state index in [1.54, 1.807) is 11.3 Å². The molecule has 0 fully saturated rings. The van der Waals surface area contributed by atoms with E-state index in [0.717, 1.165) is 11.4 Å². The summed E-state index contributed by atoms with van der Waals surface area (Å²) in [5, 5.41) is 2.46. The minimum Gasteiger partial charge on any atom is -0.249 e. The second-order valence-electron chi connectivity index (χ2n) is 3.27. The number of thiophene rings is 1. The summed E-state index contributed by atoms with van der Waals surface area (Å²) < 4.78 is 1.32. The van der Waals surface area contributed by atoms with Gasteiger partial charge in [0.05, 0.1) is 0 Å². The fourth-order valence-electron chi connectivity index (χ4n) is 1.69. The molecule has 0 unspecified atom stereocenters. The number of allylic oxidation sites excluding steroid dienone is 1. The van der Waals surface area contributed by atoms with Crippen molar-refractivity contribution in [2.75, 3.05) is 0 Å². The predicted molar refractivity (Wildman–Crippen MR) is 75.0 cm³/mol. The van der Waals surface area contributed by atoms with Crippen molar-refractivity contribution in [1.82, 2.24) is 0 Å². The molecular weight excluding hydrogens is 214 g/mol. The van der Waals surface area contributed by atoms with Gasteiger partial charge in [-0.3, -0.25) is 0 Å². The molecule has 3 rings (SSSR count). The van der Waals surface area contributed by atoms with Gasteiger partial charge in [-0.1, -0.05) is 44.2 Å². The summed E-state index contributed by atoms with van der Waals surface area (Å²) in [4.78, 5) is 4.46. The molecule has 1 aromatic carbocycles. The van der Waals surface area contributed by atoms with Gasteiger partial charge >= 0.3 is 0 Å². The van der Waals surface area contributed by atoms with E-state index >= 15 is 0 Å². The third kappa shape index (κ3) is 1.93. The van der Waals surface area contributed by atoms with Gasteiger partial charge in [0.15, 0.2) is 0 Å². The van der Waals surface area contributed by atoms with Gasteiger partial charge in [-0.2, -0.15) is 0 Å². The van der Waals surface area contributed by atoms with Crippen molar-refractivity contribution < 1.29 is 0 Å². The molecule has 1 nitrogen and oxygen atoms in total. The Bertz CT molecular complexity index is 535. The van der Waals surface area contributed by atoms with E-state index in [4.69, 9.17) is 0 Å². The average molecular weight is 229 g/mol. The van der Waals surface area contributed by atoms with E-state index in [1.165, 1.54) is 15.6 Å². The fourth-order valence-corrected chi connectivity index (χ4v) is 2.75. The Kier molecular flexibility index (Phi) is 3.52. The van der Waals surface area contributed by atoms with Crippen LogP contribution in [0.25, 0.3) is 16.2 Å². The second kappa shape index (κ2) is 5.08. The normalized spacial score (nSPS) is 12.9. The summed E-state index contributed by atoms with van der Waals surface area (Å²) in [7, 11) is 0. The smallest absolute Gasteiger partial charge is 0.124 e. The van der Waals surface area contributed by atoms with E-state index in [9.17, 15) is 0 Å². The maximum absolute atomic E-state index is 4.46. The van der Waals surface area contributed by atoms with Gasteiger partial charge in [-0.05, 0) is 6.07 Å². The number of nitrogens with zero attached hydrogens (tertiary/aromatic N) is 1. The lowest BCUT2D eigenvalue weighted by atomic mass is 10.1. The Balaban J connectivity index is 0.000000457. The molecule has 82 valence electrons. The molecule has 1 aliphatic heterocycles. The zero-order chi connectivity index (χ0) is 11.4. The fraction of sp³-hybridized carbons (Fsp3) is 0.214. The molecule has 1 aliphatic rings. The lowest BCUT2D eigenvalue weighted by Crippen LogP contribution is -1.66. The maximum Gasteiger partial charge on any atom is 0.124 e. The van der Waals surface area contributed by atoms with Crippen LogP contribution in [0.5, 0.6) is 0 Å². The molecule has 0 saturated carbocycles. The minimum absolute atomic E-state index is 0.940. The van der Waals surface area contributed by atoms with Gasteiger partial charge < -0.3 is 0 Å². The SMILES string of the molecule is C1=Cc2c(sc3ccccc23)N=CC1.CC. The van der Waals surface area contributed by atoms with Crippen LogP contribution in [-0.2, 0) is 0 Å². The van der Waals surface area contributed by atoms with Gasteiger partial charge in [-0.15, -0.1) is 11.3 Å². The van der Waals surface area contributed by atoms with Crippen LogP contribution in [0.3, 0.4) is 0 Å². The van der Waals surface area contributed by atoms with Gasteiger partial charge in [0.1, 0.15) is 5.00 Å². The molecule has 0 aliphatic carbocycles. The summed E-state index contributed by atoms with van der Waals surface area (Å²) in [6, 6.07) is 8.47. The first-order chi connectivity index (χ1) is 7.95. The molecule has 2 aromatic rings. The number of benzene rings is 1. The first kappa shape index (κ1) is 11.1. The third-order valence-corrected chi connectivity index (χ3v) is 3.44. The Morgan fingerprint density at radius 2 is 2.00 bits per heavy atom. The lowest BCUT2D eigenvalue weighted by Gasteiger charge is -1.90. The lowest BCUT2D eigenvalue weighted by molar-refractivity contribution is 1.50. The number of hydrogen-bond donors (Lipinski definition) is 0. The molecule has 0 N–H and O–H groups in total. The molecule has 2 heteroatoms. The first-order valence-corrected chi connectivity index (χ1v) is 6.47. The minimum atomic E-state index is 0.940. The van der Waals surface area contributed by atoms with Crippen LogP contribution in [0.15, 0.2) is 35.3 Å². The molecule has 0 saturated heterocycles. The maximum atomic E-state index is 4.46. The summed E-state index contributed by atoms with van der Waals surface area (Å²) >= 11 is 1.76. The molecule has 0 atom stereocenters. The summed E-state index contributed by atoms with van der Waals surface area (Å²) in [5.74, 6) is 0. The standard InChI is InChI=1S/C12H9NS.C2H6/c1-2-7-11-9(5-1)10-6-3-4-8-13-12(10)14-11;1-2/h1-3,5-8H,4H2;1-2H3. The molecule has 0 spiro atoms. The van der Waals surface area contributed by atoms with Crippen molar-refractivity contribution in [3.8, 4) is 0 Å². The second-order valence-corrected chi connectivity index (χ2v) is 4.30. The van der Waals surface area contributed by atoms with Crippen molar-refractivity contribution in [3.63, 3.8) is 0 Å². The van der Waals surface area contributed by atoms with Gasteiger partial charge in [0.2, 0.25) is 0 Å². The zero-order valence-electron chi connectivity index (χ0n) is 9.60. The van der Waals surface area contributed by atoms with E-state index in [-0.39, 0.29) is 0 Å². The van der Waals surface area contributed by atoms with E-state index in [2.05, 4.69) is 41.4 Å².